The smallest absolute Gasteiger partial charge is 0.788 e. The molecular formula is Ba2O8P2. The molecule has 0 aliphatic carbocycles. The van der Waals surface area contributed by atoms with Gasteiger partial charge in [0, 0.05) is 0 Å². The van der Waals surface area contributed by atoms with Crippen molar-refractivity contribution in [1.82, 2.24) is 0 Å². The molecule has 0 amide bonds. The van der Waals surface area contributed by atoms with Crippen molar-refractivity contribution < 1.29 is 38.1 Å². The fraction of sp³-hybridized carbons (Fsp3) is 0. The second kappa shape index (κ2) is 8.51. The van der Waals surface area contributed by atoms with Crippen molar-refractivity contribution in [1.29, 1.82) is 0 Å². The molecule has 0 bridgehead atoms. The topological polar surface area (TPSA) is 145 Å². The Morgan fingerprint density at radius 3 is 1.00 bits per heavy atom. The summed E-state index contributed by atoms with van der Waals surface area (Å²) in [7, 11) is -11.1. The molecule has 0 radical (unpaired) electrons. The van der Waals surface area contributed by atoms with Crippen molar-refractivity contribution >= 4 is 113 Å². The first-order valence-electron chi connectivity index (χ1n) is 1.63. The average molecular weight is 465 g/mol. The third-order valence-corrected chi connectivity index (χ3v) is 0.848. The Morgan fingerprint density at radius 1 is 0.750 bits per heavy atom. The van der Waals surface area contributed by atoms with Crippen LogP contribution in [0.2, 0.25) is 0 Å². The van der Waals surface area contributed by atoms with Gasteiger partial charge in [-0.05, 0) is 0 Å². The van der Waals surface area contributed by atoms with Gasteiger partial charge in [0.2, 0.25) is 0 Å². The summed E-state index contributed by atoms with van der Waals surface area (Å²) in [5.41, 5.74) is 0. The minimum Gasteiger partial charge on any atom is -0.788 e. The molecule has 8 nitrogen and oxygen atoms in total. The zero-order chi connectivity index (χ0) is 8.41. The number of phosphoric acid groups is 2. The van der Waals surface area contributed by atoms with E-state index >= 15 is 0 Å². The van der Waals surface area contributed by atoms with Gasteiger partial charge in [0.1, 0.15) is 15.6 Å². The molecule has 0 aliphatic heterocycles. The second-order valence-corrected chi connectivity index (χ2v) is 3.13. The quantitative estimate of drug-likeness (QED) is 0.177. The van der Waals surface area contributed by atoms with Crippen molar-refractivity contribution in [2.24, 2.45) is 0 Å². The Bertz CT molecular complexity index is 165. The van der Waals surface area contributed by atoms with Crippen LogP contribution in [0.4, 0.5) is 0 Å². The largest absolute Gasteiger partial charge is 2.00 e. The van der Waals surface area contributed by atoms with Crippen LogP contribution >= 0.6 is 15.6 Å². The first-order valence-corrected chi connectivity index (χ1v) is 4.55. The molecule has 0 rings (SSSR count). The van der Waals surface area contributed by atoms with E-state index in [1.807, 2.05) is 0 Å². The molecule has 12 heavy (non-hydrogen) atoms. The van der Waals surface area contributed by atoms with E-state index in [1.54, 1.807) is 0 Å². The van der Waals surface area contributed by atoms with Crippen LogP contribution in [0.5, 0.6) is 0 Å². The molecule has 0 aromatic carbocycles. The third kappa shape index (κ3) is 19.0. The Labute approximate surface area is 148 Å². The van der Waals surface area contributed by atoms with Crippen molar-refractivity contribution in [3.05, 3.63) is 0 Å². The van der Waals surface area contributed by atoms with Crippen molar-refractivity contribution in [2.45, 2.75) is 0 Å². The Kier molecular flexibility index (Phi) is 14.7. The van der Waals surface area contributed by atoms with E-state index < -0.39 is 15.6 Å². The molecule has 0 spiro atoms. The monoisotopic (exact) mass is 466 g/mol. The van der Waals surface area contributed by atoms with Crippen LogP contribution in [0.3, 0.4) is 0 Å². The summed E-state index contributed by atoms with van der Waals surface area (Å²) >= 11 is 0. The van der Waals surface area contributed by atoms with Crippen molar-refractivity contribution in [3.8, 4) is 0 Å². The molecule has 0 aromatic rings. The normalized spacial score (nSPS) is 11.3. The molecule has 0 atom stereocenters. The van der Waals surface area contributed by atoms with Gasteiger partial charge in [0.15, 0.2) is 0 Å². The predicted molar refractivity (Wildman–Crippen MR) is 28.9 cm³/mol. The fourth-order valence-electron chi connectivity index (χ4n) is 0.0816. The SMILES string of the molecule is O=P([O-])([O-])OOP(=O)([O-])[O-].[Ba+2].[Ba+2]. The van der Waals surface area contributed by atoms with Crippen LogP contribution in [0.25, 0.3) is 0 Å². The van der Waals surface area contributed by atoms with Gasteiger partial charge < -0.3 is 28.7 Å². The number of hydrogen-bond donors (Lipinski definition) is 0. The molecule has 0 N–H and O–H groups in total. The Balaban J connectivity index is -0.000000405. The molecule has 0 fully saturated rings. The van der Waals surface area contributed by atoms with E-state index in [2.05, 4.69) is 9.35 Å². The van der Waals surface area contributed by atoms with Crippen molar-refractivity contribution in [2.75, 3.05) is 0 Å². The molecule has 62 valence electrons. The molecule has 12 heteroatoms. The summed E-state index contributed by atoms with van der Waals surface area (Å²) in [6.45, 7) is 0. The van der Waals surface area contributed by atoms with E-state index in [9.17, 15) is 28.7 Å². The summed E-state index contributed by atoms with van der Waals surface area (Å²) in [4.78, 5) is 37.6. The summed E-state index contributed by atoms with van der Waals surface area (Å²) in [5, 5.41) is 0. The van der Waals surface area contributed by atoms with Crippen LogP contribution in [0.1, 0.15) is 0 Å². The van der Waals surface area contributed by atoms with Gasteiger partial charge in [-0.25, -0.2) is 9.35 Å². The van der Waals surface area contributed by atoms with E-state index in [1.165, 1.54) is 0 Å². The first kappa shape index (κ1) is 20.7. The van der Waals surface area contributed by atoms with E-state index in [4.69, 9.17) is 0 Å². The standard InChI is InChI=1S/2Ba.H4O8P2/c;;1-9(2,3)7-8-10(4,5)6/h;;(H2,1,2,3)(H2,4,5,6)/q2*+2;/p-4. The molecule has 0 aromatic heterocycles. The average Bonchev–Trinajstić information content (AvgIpc) is 1.57. The maximum Gasteiger partial charge on any atom is 2.00 e. The fourth-order valence-corrected chi connectivity index (χ4v) is 0.735. The predicted octanol–water partition coefficient (Wildman–Crippen LogP) is -4.17. The minimum atomic E-state index is -5.56. The van der Waals surface area contributed by atoms with Gasteiger partial charge in [0.05, 0.1) is 0 Å². The second-order valence-electron chi connectivity index (χ2n) is 1.04. The van der Waals surface area contributed by atoms with Crippen molar-refractivity contribution in [3.63, 3.8) is 0 Å². The van der Waals surface area contributed by atoms with Gasteiger partial charge in [-0.2, -0.15) is 0 Å². The molecule has 0 aliphatic rings. The summed E-state index contributed by atoms with van der Waals surface area (Å²) in [6.07, 6.45) is 0. The maximum absolute atomic E-state index is 9.40. The Hall–Kier alpha value is 3.36. The zero-order valence-corrected chi connectivity index (χ0v) is 16.2. The van der Waals surface area contributed by atoms with E-state index in [-0.39, 0.29) is 97.8 Å². The minimum absolute atomic E-state index is 0. The molecule has 0 saturated carbocycles. The molecule has 0 unspecified atom stereocenters. The Morgan fingerprint density at radius 2 is 0.917 bits per heavy atom. The van der Waals surface area contributed by atoms with E-state index in [0.717, 1.165) is 0 Å². The summed E-state index contributed by atoms with van der Waals surface area (Å²) in [6, 6.07) is 0. The number of hydrogen-bond acceptors (Lipinski definition) is 8. The van der Waals surface area contributed by atoms with Crippen LogP contribution in [0.15, 0.2) is 0 Å². The van der Waals surface area contributed by atoms with Crippen LogP contribution < -0.4 is 19.6 Å². The molecule has 0 saturated heterocycles. The van der Waals surface area contributed by atoms with Gasteiger partial charge in [0.25, 0.3) is 0 Å². The van der Waals surface area contributed by atoms with Gasteiger partial charge in [-0.15, -0.1) is 0 Å². The first-order chi connectivity index (χ1) is 4.21. The van der Waals surface area contributed by atoms with Gasteiger partial charge in [-0.1, -0.05) is 0 Å². The molecule has 0 heterocycles. The zero-order valence-electron chi connectivity index (χ0n) is 5.57. The maximum atomic E-state index is 9.40. The number of rotatable bonds is 3. The van der Waals surface area contributed by atoms with Crippen LogP contribution in [0, 0.1) is 0 Å². The van der Waals surface area contributed by atoms with Crippen LogP contribution in [-0.4, -0.2) is 97.8 Å². The molecular weight excluding hydrogens is 465 g/mol. The van der Waals surface area contributed by atoms with Crippen LogP contribution in [-0.2, 0) is 18.5 Å². The summed E-state index contributed by atoms with van der Waals surface area (Å²) < 4.78 is 24.1. The van der Waals surface area contributed by atoms with Gasteiger partial charge >= 0.3 is 97.8 Å². The van der Waals surface area contributed by atoms with Gasteiger partial charge in [-0.3, -0.25) is 0 Å². The van der Waals surface area contributed by atoms with E-state index in [0.29, 0.717) is 0 Å². The summed E-state index contributed by atoms with van der Waals surface area (Å²) in [5.74, 6) is 0. The third-order valence-electron chi connectivity index (χ3n) is 0.216.